The number of nitrogens with one attached hydrogen (secondary N) is 1. The average molecular weight is 176 g/mol. The maximum Gasteiger partial charge on any atom is 0.199 e. The van der Waals surface area contributed by atoms with Crippen molar-refractivity contribution in [2.24, 2.45) is 0 Å². The monoisotopic (exact) mass is 176 g/mol. The normalized spacial score (nSPS) is 9.92. The van der Waals surface area contributed by atoms with Gasteiger partial charge in [0.15, 0.2) is 5.43 Å². The standard InChI is InChI=1S/C8H4N2OS/c9-3-5-4-12-8-6(11)1-2-10-7(5)8/h1-2,4H,(H,10,11). The summed E-state index contributed by atoms with van der Waals surface area (Å²) in [4.78, 5) is 14.1. The van der Waals surface area contributed by atoms with Gasteiger partial charge in [0.05, 0.1) is 15.8 Å². The molecule has 0 aromatic carbocycles. The van der Waals surface area contributed by atoms with Crippen LogP contribution in [0, 0.1) is 11.3 Å². The number of thiophene rings is 1. The fourth-order valence-corrected chi connectivity index (χ4v) is 1.92. The first-order chi connectivity index (χ1) is 5.83. The first-order valence-electron chi connectivity index (χ1n) is 3.32. The Labute approximate surface area is 71.9 Å². The molecule has 0 atom stereocenters. The van der Waals surface area contributed by atoms with Crippen molar-refractivity contribution in [3.63, 3.8) is 0 Å². The van der Waals surface area contributed by atoms with E-state index >= 15 is 0 Å². The molecule has 2 rings (SSSR count). The molecule has 12 heavy (non-hydrogen) atoms. The quantitative estimate of drug-likeness (QED) is 0.660. The largest absolute Gasteiger partial charge is 0.359 e. The zero-order valence-electron chi connectivity index (χ0n) is 6.00. The second-order valence-corrected chi connectivity index (χ2v) is 3.19. The van der Waals surface area contributed by atoms with Crippen LogP contribution in [0.5, 0.6) is 0 Å². The van der Waals surface area contributed by atoms with Gasteiger partial charge < -0.3 is 4.98 Å². The fraction of sp³-hybridized carbons (Fsp3) is 0. The highest BCUT2D eigenvalue weighted by Gasteiger charge is 2.04. The van der Waals surface area contributed by atoms with Crippen molar-refractivity contribution in [1.29, 1.82) is 5.26 Å². The molecule has 2 heterocycles. The lowest BCUT2D eigenvalue weighted by Gasteiger charge is -1.86. The lowest BCUT2D eigenvalue weighted by atomic mass is 10.3. The van der Waals surface area contributed by atoms with E-state index in [1.165, 1.54) is 17.4 Å². The van der Waals surface area contributed by atoms with E-state index in [0.29, 0.717) is 15.8 Å². The maximum atomic E-state index is 11.2. The lowest BCUT2D eigenvalue weighted by molar-refractivity contribution is 1.39. The minimum atomic E-state index is -0.0322. The third kappa shape index (κ3) is 0.840. The number of hydrogen-bond acceptors (Lipinski definition) is 3. The van der Waals surface area contributed by atoms with Crippen molar-refractivity contribution in [2.45, 2.75) is 0 Å². The van der Waals surface area contributed by atoms with E-state index in [9.17, 15) is 4.79 Å². The number of aromatic nitrogens is 1. The molecule has 0 aliphatic carbocycles. The number of H-pyrrole nitrogens is 1. The Morgan fingerprint density at radius 1 is 1.58 bits per heavy atom. The summed E-state index contributed by atoms with van der Waals surface area (Å²) in [6.07, 6.45) is 1.55. The number of hydrogen-bond donors (Lipinski definition) is 1. The minimum absolute atomic E-state index is 0.0322. The molecule has 0 spiro atoms. The third-order valence-electron chi connectivity index (χ3n) is 1.60. The second-order valence-electron chi connectivity index (χ2n) is 2.31. The Kier molecular flexibility index (Phi) is 1.45. The van der Waals surface area contributed by atoms with Gasteiger partial charge in [0.2, 0.25) is 0 Å². The summed E-state index contributed by atoms with van der Waals surface area (Å²) in [5.41, 5.74) is 1.15. The maximum absolute atomic E-state index is 11.2. The van der Waals surface area contributed by atoms with Crippen molar-refractivity contribution in [3.8, 4) is 6.07 Å². The summed E-state index contributed by atoms with van der Waals surface area (Å²) in [7, 11) is 0. The van der Waals surface area contributed by atoms with Gasteiger partial charge in [0, 0.05) is 17.6 Å². The van der Waals surface area contributed by atoms with Crippen LogP contribution in [0.15, 0.2) is 22.4 Å². The van der Waals surface area contributed by atoms with Gasteiger partial charge in [-0.25, -0.2) is 0 Å². The number of nitriles is 1. The van der Waals surface area contributed by atoms with E-state index in [0.717, 1.165) is 0 Å². The van der Waals surface area contributed by atoms with Crippen molar-refractivity contribution < 1.29 is 0 Å². The second kappa shape index (κ2) is 2.47. The van der Waals surface area contributed by atoms with Gasteiger partial charge in [0.1, 0.15) is 6.07 Å². The summed E-state index contributed by atoms with van der Waals surface area (Å²) in [6, 6.07) is 3.48. The molecule has 0 amide bonds. The summed E-state index contributed by atoms with van der Waals surface area (Å²) in [6.45, 7) is 0. The molecule has 0 aliphatic rings. The number of pyridine rings is 1. The molecule has 1 N–H and O–H groups in total. The van der Waals surface area contributed by atoms with Crippen molar-refractivity contribution in [2.75, 3.05) is 0 Å². The summed E-state index contributed by atoms with van der Waals surface area (Å²) in [5.74, 6) is 0. The predicted molar refractivity (Wildman–Crippen MR) is 47.2 cm³/mol. The zero-order chi connectivity index (χ0) is 8.55. The molecule has 4 heteroatoms. The molecule has 0 unspecified atom stereocenters. The van der Waals surface area contributed by atoms with Gasteiger partial charge in [0.25, 0.3) is 0 Å². The molecular formula is C8H4N2OS. The van der Waals surface area contributed by atoms with E-state index in [1.807, 2.05) is 6.07 Å². The third-order valence-corrected chi connectivity index (χ3v) is 2.59. The van der Waals surface area contributed by atoms with Gasteiger partial charge >= 0.3 is 0 Å². The van der Waals surface area contributed by atoms with Gasteiger partial charge in [-0.15, -0.1) is 11.3 Å². The molecule has 0 fully saturated rings. The Balaban J connectivity index is 3.01. The predicted octanol–water partition coefficient (Wildman–Crippen LogP) is 1.46. The molecule has 2 aromatic heterocycles. The van der Waals surface area contributed by atoms with Crippen LogP contribution in [-0.4, -0.2) is 4.98 Å². The number of nitrogens with zero attached hydrogens (tertiary/aromatic N) is 1. The van der Waals surface area contributed by atoms with E-state index in [1.54, 1.807) is 11.6 Å². The molecule has 0 radical (unpaired) electrons. The number of rotatable bonds is 0. The Morgan fingerprint density at radius 3 is 3.17 bits per heavy atom. The smallest absolute Gasteiger partial charge is 0.199 e. The van der Waals surface area contributed by atoms with Crippen LogP contribution in [-0.2, 0) is 0 Å². The lowest BCUT2D eigenvalue weighted by Crippen LogP contribution is -1.96. The average Bonchev–Trinajstić information content (AvgIpc) is 2.49. The molecule has 2 aromatic rings. The van der Waals surface area contributed by atoms with Gasteiger partial charge in [-0.05, 0) is 0 Å². The minimum Gasteiger partial charge on any atom is -0.359 e. The highest BCUT2D eigenvalue weighted by Crippen LogP contribution is 2.19. The summed E-state index contributed by atoms with van der Waals surface area (Å²) < 4.78 is 0.619. The first-order valence-corrected chi connectivity index (χ1v) is 4.20. The van der Waals surface area contributed by atoms with Crippen LogP contribution < -0.4 is 5.43 Å². The first kappa shape index (κ1) is 7.07. The van der Waals surface area contributed by atoms with Crippen LogP contribution in [0.3, 0.4) is 0 Å². The fourth-order valence-electron chi connectivity index (χ4n) is 1.04. The molecule has 0 saturated carbocycles. The van der Waals surface area contributed by atoms with E-state index in [-0.39, 0.29) is 5.43 Å². The Morgan fingerprint density at radius 2 is 2.42 bits per heavy atom. The highest BCUT2D eigenvalue weighted by atomic mass is 32.1. The topological polar surface area (TPSA) is 56.6 Å². The molecule has 58 valence electrons. The molecule has 0 bridgehead atoms. The Bertz CT molecular complexity index is 518. The van der Waals surface area contributed by atoms with E-state index in [4.69, 9.17) is 5.26 Å². The number of fused-ring (bicyclic) bond motifs is 1. The van der Waals surface area contributed by atoms with E-state index < -0.39 is 0 Å². The highest BCUT2D eigenvalue weighted by molar-refractivity contribution is 7.17. The van der Waals surface area contributed by atoms with Crippen molar-refractivity contribution in [3.05, 3.63) is 33.4 Å². The van der Waals surface area contributed by atoms with Crippen LogP contribution in [0.4, 0.5) is 0 Å². The SMILES string of the molecule is N#Cc1csc2c(=O)cc[nH]c12. The van der Waals surface area contributed by atoms with E-state index in [2.05, 4.69) is 4.98 Å². The van der Waals surface area contributed by atoms with Crippen molar-refractivity contribution in [1.82, 2.24) is 4.98 Å². The molecule has 0 aliphatic heterocycles. The Hall–Kier alpha value is -1.60. The molecule has 0 saturated heterocycles. The van der Waals surface area contributed by atoms with Gasteiger partial charge in [-0.1, -0.05) is 0 Å². The summed E-state index contributed by atoms with van der Waals surface area (Å²) in [5, 5.41) is 10.3. The number of aromatic amines is 1. The van der Waals surface area contributed by atoms with Gasteiger partial charge in [-0.3, -0.25) is 4.79 Å². The van der Waals surface area contributed by atoms with Crippen LogP contribution >= 0.6 is 11.3 Å². The van der Waals surface area contributed by atoms with Crippen LogP contribution in [0.25, 0.3) is 10.2 Å². The van der Waals surface area contributed by atoms with Crippen LogP contribution in [0.1, 0.15) is 5.56 Å². The molecule has 3 nitrogen and oxygen atoms in total. The molecular weight excluding hydrogens is 172 g/mol. The van der Waals surface area contributed by atoms with Gasteiger partial charge in [-0.2, -0.15) is 5.26 Å². The van der Waals surface area contributed by atoms with Crippen LogP contribution in [0.2, 0.25) is 0 Å². The van der Waals surface area contributed by atoms with Crippen molar-refractivity contribution >= 4 is 21.6 Å². The summed E-state index contributed by atoms with van der Waals surface area (Å²) >= 11 is 1.30. The zero-order valence-corrected chi connectivity index (χ0v) is 6.81.